The van der Waals surface area contributed by atoms with Gasteiger partial charge in [-0.3, -0.25) is 4.79 Å². The molecule has 1 aromatic rings. The van der Waals surface area contributed by atoms with Gasteiger partial charge in [0.2, 0.25) is 5.91 Å². The molecule has 0 radical (unpaired) electrons. The van der Waals surface area contributed by atoms with Crippen molar-refractivity contribution in [3.63, 3.8) is 0 Å². The van der Waals surface area contributed by atoms with Gasteiger partial charge in [0.15, 0.2) is 0 Å². The summed E-state index contributed by atoms with van der Waals surface area (Å²) in [6, 6.07) is 8.24. The van der Waals surface area contributed by atoms with Crippen LogP contribution in [0.1, 0.15) is 31.2 Å². The van der Waals surface area contributed by atoms with Gasteiger partial charge in [-0.15, -0.1) is 11.6 Å². The maximum absolute atomic E-state index is 12.3. The van der Waals surface area contributed by atoms with E-state index in [9.17, 15) is 4.79 Å². The van der Waals surface area contributed by atoms with Crippen molar-refractivity contribution in [1.29, 1.82) is 0 Å². The maximum Gasteiger partial charge on any atom is 0.227 e. The lowest BCUT2D eigenvalue weighted by Gasteiger charge is -2.29. The number of hydrogen-bond donors (Lipinski definition) is 1. The van der Waals surface area contributed by atoms with Crippen LogP contribution in [0.5, 0.6) is 5.75 Å². The minimum atomic E-state index is -0.0707. The zero-order valence-corrected chi connectivity index (χ0v) is 12.2. The lowest BCUT2D eigenvalue weighted by Crippen LogP contribution is -2.44. The summed E-state index contributed by atoms with van der Waals surface area (Å²) in [5, 5.41) is 3.45. The Bertz CT molecular complexity index is 483. The largest absolute Gasteiger partial charge is 0.492 e. The van der Waals surface area contributed by atoms with Crippen molar-refractivity contribution in [3.05, 3.63) is 29.8 Å². The normalized spacial score (nSPS) is 29.1. The average molecular weight is 294 g/mol. The first-order valence-corrected chi connectivity index (χ1v) is 7.81. The van der Waals surface area contributed by atoms with E-state index < -0.39 is 0 Å². The first-order valence-electron chi connectivity index (χ1n) is 7.37. The lowest BCUT2D eigenvalue weighted by atomic mass is 9.92. The lowest BCUT2D eigenvalue weighted by molar-refractivity contribution is -0.127. The van der Waals surface area contributed by atoms with E-state index in [4.69, 9.17) is 16.3 Å². The van der Waals surface area contributed by atoms with Crippen molar-refractivity contribution in [2.45, 2.75) is 43.5 Å². The number of halogens is 1. The highest BCUT2D eigenvalue weighted by Crippen LogP contribution is 2.28. The number of benzene rings is 1. The molecule has 1 aromatic carbocycles. The second kappa shape index (κ2) is 6.04. The molecule has 2 aliphatic rings. The summed E-state index contributed by atoms with van der Waals surface area (Å²) in [6.07, 6.45) is 4.74. The van der Waals surface area contributed by atoms with Gasteiger partial charge in [0.1, 0.15) is 12.4 Å². The standard InChI is InChI=1S/C16H20ClNO2/c17-13-5-7-14(8-6-13)18-16(19)12-9-11-3-1-2-4-15(11)20-10-12/h1-4,12-14H,5-10H2,(H,18,19). The van der Waals surface area contributed by atoms with E-state index in [0.717, 1.165) is 43.4 Å². The molecule has 1 N–H and O–H groups in total. The molecule has 1 amide bonds. The third kappa shape index (κ3) is 3.09. The van der Waals surface area contributed by atoms with Crippen molar-refractivity contribution < 1.29 is 9.53 Å². The SMILES string of the molecule is O=C(NC1CCC(Cl)CC1)C1COc2ccccc2C1. The molecule has 1 heterocycles. The van der Waals surface area contributed by atoms with E-state index in [2.05, 4.69) is 5.32 Å². The quantitative estimate of drug-likeness (QED) is 0.852. The number of alkyl halides is 1. The van der Waals surface area contributed by atoms with E-state index >= 15 is 0 Å². The number of amides is 1. The molecule has 1 fully saturated rings. The van der Waals surface area contributed by atoms with Crippen molar-refractivity contribution in [3.8, 4) is 5.75 Å². The molecule has 1 atom stereocenters. The highest BCUT2D eigenvalue weighted by molar-refractivity contribution is 6.20. The van der Waals surface area contributed by atoms with Crippen LogP contribution in [0.3, 0.4) is 0 Å². The fourth-order valence-corrected chi connectivity index (χ4v) is 3.26. The topological polar surface area (TPSA) is 38.3 Å². The van der Waals surface area contributed by atoms with Gasteiger partial charge in [0.25, 0.3) is 0 Å². The maximum atomic E-state index is 12.3. The molecule has 4 heteroatoms. The van der Waals surface area contributed by atoms with Gasteiger partial charge >= 0.3 is 0 Å². The summed E-state index contributed by atoms with van der Waals surface area (Å²) in [4.78, 5) is 12.3. The molecule has 1 unspecified atom stereocenters. The number of rotatable bonds is 2. The predicted molar refractivity (Wildman–Crippen MR) is 79.2 cm³/mol. The zero-order chi connectivity index (χ0) is 13.9. The Morgan fingerprint density at radius 2 is 1.95 bits per heavy atom. The van der Waals surface area contributed by atoms with Crippen molar-refractivity contribution in [1.82, 2.24) is 5.32 Å². The number of para-hydroxylation sites is 1. The van der Waals surface area contributed by atoms with Crippen LogP contribution in [-0.4, -0.2) is 23.9 Å². The molecule has 1 aliphatic heterocycles. The third-order valence-electron chi connectivity index (χ3n) is 4.25. The van der Waals surface area contributed by atoms with E-state index in [1.54, 1.807) is 0 Å². The molecule has 0 bridgehead atoms. The molecule has 0 saturated heterocycles. The molecule has 1 aliphatic carbocycles. The smallest absolute Gasteiger partial charge is 0.227 e. The number of carbonyl (C=O) groups excluding carboxylic acids is 1. The number of fused-ring (bicyclic) bond motifs is 1. The van der Waals surface area contributed by atoms with Gasteiger partial charge < -0.3 is 10.1 Å². The van der Waals surface area contributed by atoms with Crippen molar-refractivity contribution >= 4 is 17.5 Å². The first-order chi connectivity index (χ1) is 9.72. The summed E-state index contributed by atoms with van der Waals surface area (Å²) in [5.41, 5.74) is 1.13. The highest BCUT2D eigenvalue weighted by Gasteiger charge is 2.28. The van der Waals surface area contributed by atoms with Gasteiger partial charge in [0.05, 0.1) is 5.92 Å². The van der Waals surface area contributed by atoms with E-state index in [-0.39, 0.29) is 23.2 Å². The summed E-state index contributed by atoms with van der Waals surface area (Å²) in [5.74, 6) is 0.968. The van der Waals surface area contributed by atoms with Gasteiger partial charge in [-0.05, 0) is 43.7 Å². The number of hydrogen-bond acceptors (Lipinski definition) is 2. The molecule has 3 nitrogen and oxygen atoms in total. The van der Waals surface area contributed by atoms with Crippen LogP contribution >= 0.6 is 11.6 Å². The summed E-state index contributed by atoms with van der Waals surface area (Å²) >= 11 is 6.09. The fraction of sp³-hybridized carbons (Fsp3) is 0.562. The van der Waals surface area contributed by atoms with Crippen LogP contribution in [0.15, 0.2) is 24.3 Å². The second-order valence-corrected chi connectivity index (χ2v) is 6.39. The number of ether oxygens (including phenoxy) is 1. The van der Waals surface area contributed by atoms with E-state index in [1.807, 2.05) is 24.3 Å². The second-order valence-electron chi connectivity index (χ2n) is 5.78. The van der Waals surface area contributed by atoms with Crippen LogP contribution < -0.4 is 10.1 Å². The van der Waals surface area contributed by atoms with Gasteiger partial charge in [-0.25, -0.2) is 0 Å². The summed E-state index contributed by atoms with van der Waals surface area (Å²) < 4.78 is 5.68. The van der Waals surface area contributed by atoms with Crippen LogP contribution in [-0.2, 0) is 11.2 Å². The van der Waals surface area contributed by atoms with Crippen LogP contribution in [0.4, 0.5) is 0 Å². The Kier molecular flexibility index (Phi) is 4.16. The van der Waals surface area contributed by atoms with Gasteiger partial charge in [0, 0.05) is 11.4 Å². The minimum Gasteiger partial charge on any atom is -0.492 e. The minimum absolute atomic E-state index is 0.0707. The summed E-state index contributed by atoms with van der Waals surface area (Å²) in [7, 11) is 0. The molecule has 3 rings (SSSR count). The Morgan fingerprint density at radius 1 is 1.20 bits per heavy atom. The zero-order valence-electron chi connectivity index (χ0n) is 11.5. The first kappa shape index (κ1) is 13.7. The Balaban J connectivity index is 1.56. The molecule has 0 spiro atoms. The molecule has 20 heavy (non-hydrogen) atoms. The van der Waals surface area contributed by atoms with Crippen molar-refractivity contribution in [2.75, 3.05) is 6.61 Å². The van der Waals surface area contributed by atoms with E-state index in [1.165, 1.54) is 0 Å². The fourth-order valence-electron chi connectivity index (χ4n) is 3.01. The van der Waals surface area contributed by atoms with Crippen LogP contribution in [0.25, 0.3) is 0 Å². The summed E-state index contributed by atoms with van der Waals surface area (Å²) in [6.45, 7) is 0.480. The monoisotopic (exact) mass is 293 g/mol. The van der Waals surface area contributed by atoms with E-state index in [0.29, 0.717) is 6.61 Å². The van der Waals surface area contributed by atoms with Gasteiger partial charge in [-0.2, -0.15) is 0 Å². The highest BCUT2D eigenvalue weighted by atomic mass is 35.5. The molecular formula is C16H20ClNO2. The van der Waals surface area contributed by atoms with Gasteiger partial charge in [-0.1, -0.05) is 18.2 Å². The third-order valence-corrected chi connectivity index (χ3v) is 4.69. The Morgan fingerprint density at radius 3 is 2.75 bits per heavy atom. The molecule has 0 aromatic heterocycles. The van der Waals surface area contributed by atoms with Crippen molar-refractivity contribution in [2.24, 2.45) is 5.92 Å². The molecule has 108 valence electrons. The number of nitrogens with one attached hydrogen (secondary N) is 1. The van der Waals surface area contributed by atoms with Crippen LogP contribution in [0, 0.1) is 5.92 Å². The number of carbonyl (C=O) groups is 1. The molecular weight excluding hydrogens is 274 g/mol. The average Bonchev–Trinajstić information content (AvgIpc) is 2.49. The van der Waals surface area contributed by atoms with Crippen LogP contribution in [0.2, 0.25) is 0 Å². The Hall–Kier alpha value is -1.22. The predicted octanol–water partition coefficient (Wildman–Crippen LogP) is 2.90. The molecule has 1 saturated carbocycles. The Labute approximate surface area is 124 Å².